The highest BCUT2D eigenvalue weighted by Crippen LogP contribution is 2.45. The summed E-state index contributed by atoms with van der Waals surface area (Å²) >= 11 is 0. The number of hydrogen-bond donors (Lipinski definition) is 3. The van der Waals surface area contributed by atoms with Gasteiger partial charge in [-0.3, -0.25) is 37.3 Å². The fraction of sp³-hybridized carbons (Fsp3) is 0.955. The van der Waals surface area contributed by atoms with Crippen LogP contribution in [-0.2, 0) is 65.4 Å². The van der Waals surface area contributed by atoms with Gasteiger partial charge in [0.1, 0.15) is 19.3 Å². The van der Waals surface area contributed by atoms with E-state index in [1.807, 2.05) is 0 Å². The van der Waals surface area contributed by atoms with E-state index < -0.39 is 97.5 Å². The van der Waals surface area contributed by atoms with Crippen LogP contribution in [-0.4, -0.2) is 96.7 Å². The Morgan fingerprint density at radius 2 is 0.477 bits per heavy atom. The molecule has 0 bridgehead atoms. The highest BCUT2D eigenvalue weighted by molar-refractivity contribution is 7.47. The molecule has 0 aromatic carbocycles. The third kappa shape index (κ3) is 80.5. The van der Waals surface area contributed by atoms with Crippen LogP contribution in [0.1, 0.15) is 472 Å². The van der Waals surface area contributed by atoms with Crippen molar-refractivity contribution in [2.45, 2.75) is 490 Å². The molecule has 3 unspecified atom stereocenters. The minimum atomic E-state index is -4.97. The molecule has 0 saturated heterocycles. The summed E-state index contributed by atoms with van der Waals surface area (Å²) in [4.78, 5) is 73.3. The van der Waals surface area contributed by atoms with Crippen molar-refractivity contribution in [3.63, 3.8) is 0 Å². The van der Waals surface area contributed by atoms with Gasteiger partial charge in [-0.25, -0.2) is 9.13 Å². The molecule has 0 aromatic heterocycles. The summed E-state index contributed by atoms with van der Waals surface area (Å²) in [6.45, 7) is 9.70. The van der Waals surface area contributed by atoms with Gasteiger partial charge in [-0.1, -0.05) is 420 Å². The molecular weight excluding hydrogens is 1390 g/mol. The van der Waals surface area contributed by atoms with Gasteiger partial charge in [0, 0.05) is 25.7 Å². The predicted molar refractivity (Wildman–Crippen MR) is 442 cm³/mol. The molecule has 0 aromatic rings. The number of carbonyl (C=O) groups excluding carboxylic acids is 4. The first-order valence-electron chi connectivity index (χ1n) is 45.5. The summed E-state index contributed by atoms with van der Waals surface area (Å²) < 4.78 is 69.0. The number of phosphoric ester groups is 2. The molecule has 3 N–H and O–H groups in total. The molecule has 17 nitrogen and oxygen atoms in total. The lowest BCUT2D eigenvalue weighted by atomic mass is 9.99. The molecule has 0 spiro atoms. The Morgan fingerprint density at radius 3 is 0.710 bits per heavy atom. The third-order valence-electron chi connectivity index (χ3n) is 21.1. The number of esters is 4. The van der Waals surface area contributed by atoms with Crippen LogP contribution >= 0.6 is 15.6 Å². The molecular formula is C88H172O17P2. The highest BCUT2D eigenvalue weighted by Gasteiger charge is 2.31. The first kappa shape index (κ1) is 105. The fourth-order valence-corrected chi connectivity index (χ4v) is 15.3. The molecule has 107 heavy (non-hydrogen) atoms. The van der Waals surface area contributed by atoms with Crippen LogP contribution in [0.15, 0.2) is 0 Å². The zero-order valence-corrected chi connectivity index (χ0v) is 72.2. The standard InChI is InChI=1S/C88H172O17P2/c1-7-10-12-14-16-18-20-22-24-26-27-28-29-30-32-34-38-42-46-54-60-66-72-87(92)104-83(76-98-85(90)70-64-58-52-45-41-37-33-31-25-23-21-19-17-15-13-11-8-2)78-102-106(94,95)100-74-82(89)75-101-107(96,97)103-79-84(77-99-86(91)71-65-59-53-49-48-51-57-63-69-81(6)9-3)105-88(93)73-67-61-55-47-43-39-35-36-40-44-50-56-62-68-80(4)5/h80-84,89H,7-79H2,1-6H3,(H,94,95)(H,96,97)/t81?,82-,83-,84-/m1/s1. The second-order valence-electron chi connectivity index (χ2n) is 32.4. The summed E-state index contributed by atoms with van der Waals surface area (Å²) in [5, 5.41) is 10.7. The van der Waals surface area contributed by atoms with E-state index in [4.69, 9.17) is 37.0 Å². The lowest BCUT2D eigenvalue weighted by molar-refractivity contribution is -0.161. The molecule has 0 aliphatic heterocycles. The number of hydrogen-bond acceptors (Lipinski definition) is 15. The zero-order valence-electron chi connectivity index (χ0n) is 70.5. The van der Waals surface area contributed by atoms with Crippen molar-refractivity contribution in [1.82, 2.24) is 0 Å². The summed E-state index contributed by atoms with van der Waals surface area (Å²) in [6, 6.07) is 0. The average Bonchev–Trinajstić information content (AvgIpc) is 0.906. The number of ether oxygens (including phenoxy) is 4. The molecule has 0 aliphatic rings. The van der Waals surface area contributed by atoms with E-state index in [1.165, 1.54) is 289 Å². The van der Waals surface area contributed by atoms with Crippen LogP contribution in [0.25, 0.3) is 0 Å². The predicted octanol–water partition coefficient (Wildman–Crippen LogP) is 27.0. The van der Waals surface area contributed by atoms with Crippen molar-refractivity contribution in [1.29, 1.82) is 0 Å². The quantitative estimate of drug-likeness (QED) is 0.0222. The van der Waals surface area contributed by atoms with Crippen molar-refractivity contribution < 1.29 is 80.2 Å². The van der Waals surface area contributed by atoms with Crippen LogP contribution in [0.2, 0.25) is 0 Å². The molecule has 0 aliphatic carbocycles. The smallest absolute Gasteiger partial charge is 0.462 e. The van der Waals surface area contributed by atoms with Gasteiger partial charge in [0.05, 0.1) is 26.4 Å². The minimum absolute atomic E-state index is 0.107. The summed E-state index contributed by atoms with van der Waals surface area (Å²) in [5.41, 5.74) is 0. The van der Waals surface area contributed by atoms with Crippen LogP contribution in [0, 0.1) is 11.8 Å². The normalized spacial score (nSPS) is 14.0. The maximum Gasteiger partial charge on any atom is 0.472 e. The number of carbonyl (C=O) groups is 4. The van der Waals surface area contributed by atoms with Gasteiger partial charge in [-0.05, 0) is 37.5 Å². The number of aliphatic hydroxyl groups excluding tert-OH is 1. The Labute approximate surface area is 658 Å². The van der Waals surface area contributed by atoms with Gasteiger partial charge in [-0.2, -0.15) is 0 Å². The number of unbranched alkanes of at least 4 members (excludes halogenated alkanes) is 56. The van der Waals surface area contributed by atoms with E-state index in [-0.39, 0.29) is 25.7 Å². The summed E-state index contributed by atoms with van der Waals surface area (Å²) in [6.07, 6.45) is 72.2. The maximum atomic E-state index is 13.2. The lowest BCUT2D eigenvalue weighted by Gasteiger charge is -2.21. The molecule has 0 radical (unpaired) electrons. The van der Waals surface area contributed by atoms with E-state index in [1.54, 1.807) is 0 Å². The molecule has 0 rings (SSSR count). The van der Waals surface area contributed by atoms with Gasteiger partial charge in [0.2, 0.25) is 0 Å². The maximum absolute atomic E-state index is 13.2. The van der Waals surface area contributed by atoms with Gasteiger partial charge < -0.3 is 33.8 Å². The van der Waals surface area contributed by atoms with Gasteiger partial charge >= 0.3 is 39.5 Å². The molecule has 6 atom stereocenters. The Hall–Kier alpha value is -1.94. The van der Waals surface area contributed by atoms with Crippen molar-refractivity contribution in [2.24, 2.45) is 11.8 Å². The van der Waals surface area contributed by atoms with Gasteiger partial charge in [0.25, 0.3) is 0 Å². The second-order valence-corrected chi connectivity index (χ2v) is 35.3. The van der Waals surface area contributed by atoms with Crippen LogP contribution < -0.4 is 0 Å². The average molecular weight is 1560 g/mol. The number of rotatable bonds is 87. The van der Waals surface area contributed by atoms with Crippen LogP contribution in [0.5, 0.6) is 0 Å². The zero-order chi connectivity index (χ0) is 78.5. The monoisotopic (exact) mass is 1560 g/mol. The van der Waals surface area contributed by atoms with E-state index in [9.17, 15) is 43.2 Å². The Morgan fingerprint density at radius 1 is 0.271 bits per heavy atom. The molecule has 0 heterocycles. The van der Waals surface area contributed by atoms with Crippen molar-refractivity contribution in [3.8, 4) is 0 Å². The van der Waals surface area contributed by atoms with Gasteiger partial charge in [0.15, 0.2) is 12.2 Å². The SMILES string of the molecule is CCCCCCCCCCCCCCCCCCCCCCCCC(=O)O[C@H](COC(=O)CCCCCCCCCCCCCCCCCCC)COP(=O)(O)OC[C@@H](O)COP(=O)(O)OC[C@@H](COC(=O)CCCCCCCCCCC(C)CC)OC(=O)CCCCCCCCCCCCCCCC(C)C. The van der Waals surface area contributed by atoms with Crippen molar-refractivity contribution in [2.75, 3.05) is 39.6 Å². The first-order valence-corrected chi connectivity index (χ1v) is 48.5. The Bertz CT molecular complexity index is 2050. The Kier molecular flexibility index (Phi) is 77.9. The minimum Gasteiger partial charge on any atom is -0.462 e. The lowest BCUT2D eigenvalue weighted by Crippen LogP contribution is -2.30. The molecule has 636 valence electrons. The topological polar surface area (TPSA) is 237 Å². The molecule has 19 heteroatoms. The first-order chi connectivity index (χ1) is 51.9. The largest absolute Gasteiger partial charge is 0.472 e. The molecule has 0 fully saturated rings. The van der Waals surface area contributed by atoms with Crippen molar-refractivity contribution in [3.05, 3.63) is 0 Å². The van der Waals surface area contributed by atoms with Crippen LogP contribution in [0.3, 0.4) is 0 Å². The van der Waals surface area contributed by atoms with E-state index >= 15 is 0 Å². The third-order valence-corrected chi connectivity index (χ3v) is 23.0. The van der Waals surface area contributed by atoms with Crippen molar-refractivity contribution >= 4 is 39.5 Å². The van der Waals surface area contributed by atoms with E-state index in [0.29, 0.717) is 25.7 Å². The summed E-state index contributed by atoms with van der Waals surface area (Å²) in [5.74, 6) is -0.536. The van der Waals surface area contributed by atoms with Crippen LogP contribution in [0.4, 0.5) is 0 Å². The van der Waals surface area contributed by atoms with E-state index in [2.05, 4.69) is 41.5 Å². The Balaban J connectivity index is 5.25. The molecule has 0 amide bonds. The fourth-order valence-electron chi connectivity index (χ4n) is 13.7. The summed E-state index contributed by atoms with van der Waals surface area (Å²) in [7, 11) is -9.93. The van der Waals surface area contributed by atoms with E-state index in [0.717, 1.165) is 102 Å². The highest BCUT2D eigenvalue weighted by atomic mass is 31.2. The molecule has 0 saturated carbocycles. The van der Waals surface area contributed by atoms with Gasteiger partial charge in [-0.15, -0.1) is 0 Å². The number of aliphatic hydroxyl groups is 1. The second kappa shape index (κ2) is 79.3. The number of phosphoric acid groups is 2.